The summed E-state index contributed by atoms with van der Waals surface area (Å²) >= 11 is 0. The van der Waals surface area contributed by atoms with Crippen LogP contribution in [-0.2, 0) is 6.42 Å². The van der Waals surface area contributed by atoms with Crippen molar-refractivity contribution in [1.82, 2.24) is 0 Å². The number of hydrogen-bond acceptors (Lipinski definition) is 0. The second-order valence-electron chi connectivity index (χ2n) is 8.76. The van der Waals surface area contributed by atoms with Crippen LogP contribution in [0.5, 0.6) is 0 Å². The zero-order valence-electron chi connectivity index (χ0n) is 16.0. The van der Waals surface area contributed by atoms with Gasteiger partial charge in [-0.15, -0.1) is 0 Å². The minimum Gasteiger partial charge on any atom is -0.0613 e. The van der Waals surface area contributed by atoms with E-state index in [2.05, 4.69) is 91.0 Å². The van der Waals surface area contributed by atoms with E-state index in [1.807, 2.05) is 0 Å². The largest absolute Gasteiger partial charge is 0.0613 e. The lowest BCUT2D eigenvalue weighted by atomic mass is 9.72. The molecule has 0 radical (unpaired) electrons. The first-order valence-corrected chi connectivity index (χ1v) is 8.82. The van der Waals surface area contributed by atoms with Crippen LogP contribution in [-0.4, -0.2) is 0 Å². The fourth-order valence-electron chi connectivity index (χ4n) is 2.84. The molecule has 2 rings (SSSR count). The van der Waals surface area contributed by atoms with Crippen LogP contribution in [0, 0.1) is 10.8 Å². The van der Waals surface area contributed by atoms with E-state index < -0.39 is 0 Å². The Kier molecular flexibility index (Phi) is 5.04. The minimum absolute atomic E-state index is 0.218. The maximum absolute atomic E-state index is 2.39. The van der Waals surface area contributed by atoms with Crippen molar-refractivity contribution in [2.45, 2.75) is 61.3 Å². The second-order valence-corrected chi connectivity index (χ2v) is 8.76. The first-order valence-electron chi connectivity index (χ1n) is 8.82. The summed E-state index contributed by atoms with van der Waals surface area (Å²) in [5.74, 6) is 0. The molecule has 0 amide bonds. The van der Waals surface area contributed by atoms with Crippen LogP contribution in [0.15, 0.2) is 53.1 Å². The lowest BCUT2D eigenvalue weighted by Gasteiger charge is -2.33. The van der Waals surface area contributed by atoms with E-state index in [0.29, 0.717) is 0 Å². The van der Waals surface area contributed by atoms with Gasteiger partial charge in [0.05, 0.1) is 0 Å². The molecule has 1 aliphatic rings. The Morgan fingerprint density at radius 1 is 0.826 bits per heavy atom. The Hall–Kier alpha value is -1.56. The molecule has 0 saturated carbocycles. The Morgan fingerprint density at radius 2 is 1.30 bits per heavy atom. The SMILES string of the molecule is CCc1ccc(C=C2C=C(C(C)(C)C)CC(C(C)(C)C)=C2)cc1. The molecule has 0 N–H and O–H groups in total. The van der Waals surface area contributed by atoms with Crippen molar-refractivity contribution in [3.8, 4) is 0 Å². The summed E-state index contributed by atoms with van der Waals surface area (Å²) in [6, 6.07) is 8.93. The number of allylic oxidation sites excluding steroid dienone is 5. The third-order valence-corrected chi connectivity index (χ3v) is 4.71. The van der Waals surface area contributed by atoms with E-state index in [0.717, 1.165) is 12.8 Å². The van der Waals surface area contributed by atoms with E-state index in [-0.39, 0.29) is 10.8 Å². The van der Waals surface area contributed by atoms with Crippen LogP contribution < -0.4 is 0 Å². The maximum atomic E-state index is 2.39. The van der Waals surface area contributed by atoms with Crippen LogP contribution in [0.1, 0.15) is 66.0 Å². The summed E-state index contributed by atoms with van der Waals surface area (Å²) in [5.41, 5.74) is 7.50. The lowest BCUT2D eigenvalue weighted by molar-refractivity contribution is 0.447. The topological polar surface area (TPSA) is 0 Å². The van der Waals surface area contributed by atoms with E-state index in [4.69, 9.17) is 0 Å². The first-order chi connectivity index (χ1) is 10.6. The molecule has 0 nitrogen and oxygen atoms in total. The average Bonchev–Trinajstić information content (AvgIpc) is 2.46. The average molecular weight is 309 g/mol. The van der Waals surface area contributed by atoms with Gasteiger partial charge < -0.3 is 0 Å². The predicted molar refractivity (Wildman–Crippen MR) is 103 cm³/mol. The van der Waals surface area contributed by atoms with E-state index in [9.17, 15) is 0 Å². The van der Waals surface area contributed by atoms with Gasteiger partial charge in [0, 0.05) is 0 Å². The molecule has 1 aliphatic carbocycles. The van der Waals surface area contributed by atoms with Gasteiger partial charge >= 0.3 is 0 Å². The fraction of sp³-hybridized carbons (Fsp3) is 0.478. The molecule has 0 saturated heterocycles. The molecule has 0 spiro atoms. The molecule has 1 aromatic rings. The van der Waals surface area contributed by atoms with Crippen molar-refractivity contribution in [2.24, 2.45) is 10.8 Å². The normalized spacial score (nSPS) is 16.0. The third-order valence-electron chi connectivity index (χ3n) is 4.71. The molecule has 0 heterocycles. The summed E-state index contributed by atoms with van der Waals surface area (Å²) in [6.45, 7) is 16.1. The molecule has 124 valence electrons. The smallest absolute Gasteiger partial charge is 0.00913 e. The fourth-order valence-corrected chi connectivity index (χ4v) is 2.84. The quantitative estimate of drug-likeness (QED) is 0.552. The van der Waals surface area contributed by atoms with Crippen molar-refractivity contribution in [3.63, 3.8) is 0 Å². The van der Waals surface area contributed by atoms with E-state index in [1.54, 1.807) is 0 Å². The number of rotatable bonds is 2. The van der Waals surface area contributed by atoms with E-state index >= 15 is 0 Å². The third kappa shape index (κ3) is 4.70. The second kappa shape index (κ2) is 6.51. The number of aryl methyl sites for hydroxylation is 1. The van der Waals surface area contributed by atoms with Gasteiger partial charge in [-0.2, -0.15) is 0 Å². The molecule has 1 aromatic carbocycles. The molecule has 0 unspecified atom stereocenters. The minimum atomic E-state index is 0.218. The van der Waals surface area contributed by atoms with E-state index in [1.165, 1.54) is 27.8 Å². The summed E-state index contributed by atoms with van der Waals surface area (Å²) in [6.07, 6.45) is 9.29. The highest BCUT2D eigenvalue weighted by Gasteiger charge is 2.26. The Labute approximate surface area is 143 Å². The van der Waals surface area contributed by atoms with Crippen LogP contribution >= 0.6 is 0 Å². The molecule has 0 aromatic heterocycles. The van der Waals surface area contributed by atoms with Crippen LogP contribution in [0.25, 0.3) is 6.08 Å². The van der Waals surface area contributed by atoms with Gasteiger partial charge in [-0.25, -0.2) is 0 Å². The van der Waals surface area contributed by atoms with Crippen molar-refractivity contribution in [2.75, 3.05) is 0 Å². The summed E-state index contributed by atoms with van der Waals surface area (Å²) < 4.78 is 0. The molecule has 0 bridgehead atoms. The molecule has 0 aliphatic heterocycles. The van der Waals surface area contributed by atoms with Gasteiger partial charge in [-0.05, 0) is 46.4 Å². The summed E-state index contributed by atoms with van der Waals surface area (Å²) in [5, 5.41) is 0. The Balaban J connectivity index is 2.42. The monoisotopic (exact) mass is 308 g/mol. The highest BCUT2D eigenvalue weighted by Crippen LogP contribution is 2.41. The predicted octanol–water partition coefficient (Wildman–Crippen LogP) is 6.98. The van der Waals surface area contributed by atoms with Crippen molar-refractivity contribution in [1.29, 1.82) is 0 Å². The van der Waals surface area contributed by atoms with Gasteiger partial charge in [0.25, 0.3) is 0 Å². The molecule has 0 heteroatoms. The summed E-state index contributed by atoms with van der Waals surface area (Å²) in [7, 11) is 0. The molecule has 0 atom stereocenters. The van der Waals surface area contributed by atoms with Crippen LogP contribution in [0.4, 0.5) is 0 Å². The molecular weight excluding hydrogens is 276 g/mol. The maximum Gasteiger partial charge on any atom is -0.00913 e. The van der Waals surface area contributed by atoms with Gasteiger partial charge in [0.15, 0.2) is 0 Å². The van der Waals surface area contributed by atoms with Gasteiger partial charge in [-0.3, -0.25) is 0 Å². The van der Waals surface area contributed by atoms with Crippen LogP contribution in [0.2, 0.25) is 0 Å². The zero-order valence-corrected chi connectivity index (χ0v) is 16.0. The lowest BCUT2D eigenvalue weighted by Crippen LogP contribution is -2.18. The number of hydrogen-bond donors (Lipinski definition) is 0. The summed E-state index contributed by atoms with van der Waals surface area (Å²) in [4.78, 5) is 0. The highest BCUT2D eigenvalue weighted by molar-refractivity contribution is 5.62. The zero-order chi connectivity index (χ0) is 17.3. The molecular formula is C23H32. The van der Waals surface area contributed by atoms with Gasteiger partial charge in [0.1, 0.15) is 0 Å². The van der Waals surface area contributed by atoms with Crippen LogP contribution in [0.3, 0.4) is 0 Å². The van der Waals surface area contributed by atoms with Gasteiger partial charge in [-0.1, -0.05) is 96.0 Å². The molecule has 0 fully saturated rings. The van der Waals surface area contributed by atoms with Crippen molar-refractivity contribution < 1.29 is 0 Å². The first kappa shape index (κ1) is 17.8. The van der Waals surface area contributed by atoms with Crippen molar-refractivity contribution >= 4 is 6.08 Å². The number of benzene rings is 1. The molecule has 23 heavy (non-hydrogen) atoms. The Bertz CT molecular complexity index is 603. The van der Waals surface area contributed by atoms with Crippen molar-refractivity contribution in [3.05, 3.63) is 64.3 Å². The highest BCUT2D eigenvalue weighted by atomic mass is 14.3. The van der Waals surface area contributed by atoms with Gasteiger partial charge in [0.2, 0.25) is 0 Å². The Morgan fingerprint density at radius 3 is 1.70 bits per heavy atom. The standard InChI is InChI=1S/C23H32/c1-8-17-9-11-18(12-10-17)13-19-14-20(22(2,3)4)16-21(15-19)23(5,6)7/h9-15H,8,16H2,1-7H3.